The molecule has 18 heavy (non-hydrogen) atoms. The van der Waals surface area contributed by atoms with E-state index < -0.39 is 0 Å². The molecule has 0 spiro atoms. The lowest BCUT2D eigenvalue weighted by Gasteiger charge is -2.19. The topological polar surface area (TPSA) is 59.6 Å². The van der Waals surface area contributed by atoms with Gasteiger partial charge in [0, 0.05) is 11.8 Å². The smallest absolute Gasteiger partial charge is 0.241 e. The van der Waals surface area contributed by atoms with Gasteiger partial charge in [0.1, 0.15) is 13.2 Å². The number of hydrogen-bond donors (Lipinski definition) is 2. The number of fused-ring (bicyclic) bond motifs is 1. The summed E-state index contributed by atoms with van der Waals surface area (Å²) in [6.45, 7) is 2.04. The summed E-state index contributed by atoms with van der Waals surface area (Å²) in [5, 5.41) is 6.07. The number of amides is 1. The lowest BCUT2D eigenvalue weighted by Crippen LogP contribution is -2.35. The number of nitrogens with one attached hydrogen (secondary N) is 2. The Balaban J connectivity index is 1.70. The summed E-state index contributed by atoms with van der Waals surface area (Å²) in [6.07, 6.45) is 1.95. The number of anilines is 1. The molecule has 2 aliphatic rings. The molecule has 0 bridgehead atoms. The third-order valence-electron chi connectivity index (χ3n) is 3.19. The quantitative estimate of drug-likeness (QED) is 0.824. The van der Waals surface area contributed by atoms with Crippen LogP contribution in [-0.2, 0) is 4.79 Å². The third kappa shape index (κ3) is 2.26. The van der Waals surface area contributed by atoms with Crippen LogP contribution in [0.25, 0.3) is 0 Å². The Hall–Kier alpha value is -1.75. The Morgan fingerprint density at radius 2 is 2.11 bits per heavy atom. The van der Waals surface area contributed by atoms with Crippen molar-refractivity contribution in [3.63, 3.8) is 0 Å². The molecule has 1 fully saturated rings. The predicted molar refractivity (Wildman–Crippen MR) is 67.1 cm³/mol. The van der Waals surface area contributed by atoms with Gasteiger partial charge in [0.05, 0.1) is 6.04 Å². The molecule has 0 aromatic heterocycles. The second-order valence-electron chi connectivity index (χ2n) is 4.50. The van der Waals surface area contributed by atoms with Gasteiger partial charge in [-0.1, -0.05) is 0 Å². The number of benzene rings is 1. The van der Waals surface area contributed by atoms with E-state index in [9.17, 15) is 4.79 Å². The molecule has 0 unspecified atom stereocenters. The van der Waals surface area contributed by atoms with Gasteiger partial charge >= 0.3 is 0 Å². The van der Waals surface area contributed by atoms with Crippen molar-refractivity contribution in [3.05, 3.63) is 18.2 Å². The van der Waals surface area contributed by atoms with Crippen LogP contribution < -0.4 is 20.1 Å². The van der Waals surface area contributed by atoms with Crippen molar-refractivity contribution in [2.45, 2.75) is 18.9 Å². The molecule has 0 saturated carbocycles. The van der Waals surface area contributed by atoms with Crippen molar-refractivity contribution in [1.29, 1.82) is 0 Å². The highest BCUT2D eigenvalue weighted by Crippen LogP contribution is 2.32. The second-order valence-corrected chi connectivity index (χ2v) is 4.50. The Morgan fingerprint density at radius 1 is 1.28 bits per heavy atom. The standard InChI is InChI=1S/C13H16N2O3/c16-13(10-2-1-5-14-10)15-9-3-4-11-12(8-9)18-7-6-17-11/h3-4,8,10,14H,1-2,5-7H2,(H,15,16)/t10-/m0/s1. The number of ether oxygens (including phenoxy) is 2. The molecule has 5 nitrogen and oxygen atoms in total. The molecule has 2 N–H and O–H groups in total. The lowest BCUT2D eigenvalue weighted by atomic mass is 10.2. The molecule has 1 aromatic carbocycles. The summed E-state index contributed by atoms with van der Waals surface area (Å²) in [5.41, 5.74) is 0.748. The van der Waals surface area contributed by atoms with Crippen LogP contribution in [0.2, 0.25) is 0 Å². The van der Waals surface area contributed by atoms with Crippen molar-refractivity contribution in [2.75, 3.05) is 25.1 Å². The average molecular weight is 248 g/mol. The molecule has 2 heterocycles. The van der Waals surface area contributed by atoms with Crippen molar-refractivity contribution < 1.29 is 14.3 Å². The van der Waals surface area contributed by atoms with E-state index in [1.54, 1.807) is 6.07 Å². The van der Waals surface area contributed by atoms with E-state index in [4.69, 9.17) is 9.47 Å². The maximum atomic E-state index is 11.9. The van der Waals surface area contributed by atoms with E-state index in [0.717, 1.165) is 30.8 Å². The zero-order chi connectivity index (χ0) is 12.4. The summed E-state index contributed by atoms with van der Waals surface area (Å²) in [4.78, 5) is 11.9. The van der Waals surface area contributed by atoms with Gasteiger partial charge in [-0.25, -0.2) is 0 Å². The molecular weight excluding hydrogens is 232 g/mol. The summed E-state index contributed by atoms with van der Waals surface area (Å²) >= 11 is 0. The molecule has 3 rings (SSSR count). The van der Waals surface area contributed by atoms with Crippen molar-refractivity contribution in [3.8, 4) is 11.5 Å². The number of hydrogen-bond acceptors (Lipinski definition) is 4. The fraction of sp³-hybridized carbons (Fsp3) is 0.462. The zero-order valence-electron chi connectivity index (χ0n) is 10.1. The maximum Gasteiger partial charge on any atom is 0.241 e. The number of carbonyl (C=O) groups excluding carboxylic acids is 1. The highest BCUT2D eigenvalue weighted by atomic mass is 16.6. The fourth-order valence-electron chi connectivity index (χ4n) is 2.26. The van der Waals surface area contributed by atoms with Gasteiger partial charge in [0.15, 0.2) is 11.5 Å². The predicted octanol–water partition coefficient (Wildman–Crippen LogP) is 1.15. The van der Waals surface area contributed by atoms with Crippen LogP contribution in [0.5, 0.6) is 11.5 Å². The number of rotatable bonds is 2. The Labute approximate surface area is 105 Å². The Bertz CT molecular complexity index is 456. The first-order chi connectivity index (χ1) is 8.83. The monoisotopic (exact) mass is 248 g/mol. The lowest BCUT2D eigenvalue weighted by molar-refractivity contribution is -0.117. The van der Waals surface area contributed by atoms with Gasteiger partial charge in [-0.05, 0) is 31.5 Å². The van der Waals surface area contributed by atoms with Crippen molar-refractivity contribution in [1.82, 2.24) is 5.32 Å². The molecular formula is C13H16N2O3. The van der Waals surface area contributed by atoms with E-state index in [1.807, 2.05) is 12.1 Å². The van der Waals surface area contributed by atoms with E-state index in [2.05, 4.69) is 10.6 Å². The van der Waals surface area contributed by atoms with Gasteiger partial charge in [-0.2, -0.15) is 0 Å². The average Bonchev–Trinajstić information content (AvgIpc) is 2.92. The van der Waals surface area contributed by atoms with Crippen LogP contribution >= 0.6 is 0 Å². The maximum absolute atomic E-state index is 11.9. The third-order valence-corrected chi connectivity index (χ3v) is 3.19. The van der Waals surface area contributed by atoms with E-state index in [0.29, 0.717) is 19.0 Å². The van der Waals surface area contributed by atoms with Crippen LogP contribution in [0, 0.1) is 0 Å². The van der Waals surface area contributed by atoms with E-state index in [-0.39, 0.29) is 11.9 Å². The molecule has 1 amide bonds. The first-order valence-corrected chi connectivity index (χ1v) is 6.27. The SMILES string of the molecule is O=C(Nc1ccc2c(c1)OCCO2)[C@@H]1CCCN1. The zero-order valence-corrected chi connectivity index (χ0v) is 10.1. The Morgan fingerprint density at radius 3 is 2.89 bits per heavy atom. The van der Waals surface area contributed by atoms with Crippen LogP contribution in [0.3, 0.4) is 0 Å². The number of carbonyl (C=O) groups is 1. The molecule has 0 radical (unpaired) electrons. The first-order valence-electron chi connectivity index (χ1n) is 6.27. The first kappa shape index (κ1) is 11.3. The van der Waals surface area contributed by atoms with Crippen LogP contribution in [0.15, 0.2) is 18.2 Å². The van der Waals surface area contributed by atoms with Crippen LogP contribution in [0.4, 0.5) is 5.69 Å². The van der Waals surface area contributed by atoms with Gasteiger partial charge in [0.2, 0.25) is 5.91 Å². The molecule has 1 saturated heterocycles. The van der Waals surface area contributed by atoms with E-state index in [1.165, 1.54) is 0 Å². The fourth-order valence-corrected chi connectivity index (χ4v) is 2.26. The summed E-state index contributed by atoms with van der Waals surface area (Å²) in [5.74, 6) is 1.45. The summed E-state index contributed by atoms with van der Waals surface area (Å²) < 4.78 is 10.9. The van der Waals surface area contributed by atoms with Gasteiger partial charge in [-0.15, -0.1) is 0 Å². The molecule has 96 valence electrons. The van der Waals surface area contributed by atoms with Crippen molar-refractivity contribution >= 4 is 11.6 Å². The van der Waals surface area contributed by atoms with Gasteiger partial charge in [-0.3, -0.25) is 4.79 Å². The van der Waals surface area contributed by atoms with Gasteiger partial charge < -0.3 is 20.1 Å². The van der Waals surface area contributed by atoms with Crippen LogP contribution in [0.1, 0.15) is 12.8 Å². The van der Waals surface area contributed by atoms with Crippen molar-refractivity contribution in [2.24, 2.45) is 0 Å². The minimum Gasteiger partial charge on any atom is -0.486 e. The molecule has 5 heteroatoms. The minimum absolute atomic E-state index is 0.0178. The van der Waals surface area contributed by atoms with Gasteiger partial charge in [0.25, 0.3) is 0 Å². The molecule has 2 aliphatic heterocycles. The Kier molecular flexibility index (Phi) is 3.06. The summed E-state index contributed by atoms with van der Waals surface area (Å²) in [6, 6.07) is 5.40. The molecule has 1 atom stereocenters. The minimum atomic E-state index is -0.0711. The normalized spacial score (nSPS) is 21.7. The highest BCUT2D eigenvalue weighted by Gasteiger charge is 2.22. The molecule has 0 aliphatic carbocycles. The summed E-state index contributed by atoms with van der Waals surface area (Å²) in [7, 11) is 0. The van der Waals surface area contributed by atoms with Crippen LogP contribution in [-0.4, -0.2) is 31.7 Å². The van der Waals surface area contributed by atoms with E-state index >= 15 is 0 Å². The second kappa shape index (κ2) is 4.86. The molecule has 1 aromatic rings. The largest absolute Gasteiger partial charge is 0.486 e. The highest BCUT2D eigenvalue weighted by molar-refractivity contribution is 5.95.